The second-order valence-corrected chi connectivity index (χ2v) is 10.1. The van der Waals surface area contributed by atoms with Gasteiger partial charge in [0.2, 0.25) is 0 Å². The van der Waals surface area contributed by atoms with Crippen molar-refractivity contribution in [2.75, 3.05) is 37.6 Å². The molecule has 2 fully saturated rings. The quantitative estimate of drug-likeness (QED) is 0.386. The highest BCUT2D eigenvalue weighted by Gasteiger charge is 2.33. The van der Waals surface area contributed by atoms with Crippen molar-refractivity contribution in [3.63, 3.8) is 0 Å². The van der Waals surface area contributed by atoms with Gasteiger partial charge in [-0.3, -0.25) is 18.9 Å². The lowest BCUT2D eigenvalue weighted by Crippen LogP contribution is -2.47. The van der Waals surface area contributed by atoms with Gasteiger partial charge in [0.1, 0.15) is 21.6 Å². The molecular weight excluding hydrogens is 485 g/mol. The van der Waals surface area contributed by atoms with Crippen molar-refractivity contribution < 1.29 is 9.18 Å². The summed E-state index contributed by atoms with van der Waals surface area (Å²) >= 11 is 6.63. The number of amides is 1. The Morgan fingerprint density at radius 3 is 2.54 bits per heavy atom. The molecule has 3 aromatic rings. The lowest BCUT2D eigenvalue weighted by Gasteiger charge is -2.35. The number of thioether (sulfide) groups is 1. The molecule has 0 spiro atoms. The maximum Gasteiger partial charge on any atom is 0.267 e. The molecule has 0 N–H and O–H groups in total. The summed E-state index contributed by atoms with van der Waals surface area (Å²) in [5, 5.41) is 0. The van der Waals surface area contributed by atoms with E-state index in [1.165, 1.54) is 21.4 Å². The third-order valence-electron chi connectivity index (χ3n) is 6.27. The van der Waals surface area contributed by atoms with E-state index >= 15 is 0 Å². The number of hydrogen-bond acceptors (Lipinski definition) is 7. The molecular formula is C25H24FN5O2S2. The lowest BCUT2D eigenvalue weighted by molar-refractivity contribution is -0.122. The molecule has 2 aromatic heterocycles. The Morgan fingerprint density at radius 2 is 1.83 bits per heavy atom. The Kier molecular flexibility index (Phi) is 6.68. The number of anilines is 1. The van der Waals surface area contributed by atoms with Crippen LogP contribution in [0.15, 0.2) is 58.4 Å². The number of carbonyl (C=O) groups is 1. The number of benzene rings is 1. The number of aromatic nitrogens is 2. The fraction of sp³-hybridized carbons (Fsp3) is 0.280. The average molecular weight is 510 g/mol. The van der Waals surface area contributed by atoms with Crippen LogP contribution >= 0.6 is 24.0 Å². The van der Waals surface area contributed by atoms with Crippen LogP contribution in [0.3, 0.4) is 0 Å². The zero-order chi connectivity index (χ0) is 24.5. The van der Waals surface area contributed by atoms with Crippen molar-refractivity contribution in [1.82, 2.24) is 19.2 Å². The monoisotopic (exact) mass is 509 g/mol. The van der Waals surface area contributed by atoms with Crippen molar-refractivity contribution in [2.45, 2.75) is 13.5 Å². The molecule has 7 nitrogen and oxygen atoms in total. The molecule has 0 saturated carbocycles. The van der Waals surface area contributed by atoms with E-state index in [1.54, 1.807) is 36.5 Å². The van der Waals surface area contributed by atoms with E-state index in [4.69, 9.17) is 17.2 Å². The SMILES string of the molecule is CCN1CCN(c2nc3ccccn3c(=O)c2/C=C2/SC(=S)N(Cc3ccc(F)cc3)C2=O)CC1. The molecule has 35 heavy (non-hydrogen) atoms. The van der Waals surface area contributed by atoms with Gasteiger partial charge < -0.3 is 9.80 Å². The second-order valence-electron chi connectivity index (χ2n) is 8.40. The van der Waals surface area contributed by atoms with Gasteiger partial charge in [0, 0.05) is 32.4 Å². The highest BCUT2D eigenvalue weighted by Crippen LogP contribution is 2.34. The third-order valence-corrected chi connectivity index (χ3v) is 7.65. The number of carbonyl (C=O) groups excluding carboxylic acids is 1. The molecule has 0 bridgehead atoms. The number of hydrogen-bond donors (Lipinski definition) is 0. The van der Waals surface area contributed by atoms with Crippen LogP contribution in [-0.2, 0) is 11.3 Å². The van der Waals surface area contributed by atoms with Crippen LogP contribution in [-0.4, -0.2) is 62.1 Å². The van der Waals surface area contributed by atoms with Gasteiger partial charge in [0.15, 0.2) is 0 Å². The van der Waals surface area contributed by atoms with Crippen LogP contribution in [0.25, 0.3) is 11.7 Å². The molecule has 1 amide bonds. The minimum Gasteiger partial charge on any atom is -0.353 e. The number of nitrogens with zero attached hydrogens (tertiary/aromatic N) is 5. The fourth-order valence-electron chi connectivity index (χ4n) is 4.27. The van der Waals surface area contributed by atoms with E-state index in [0.29, 0.717) is 26.3 Å². The van der Waals surface area contributed by atoms with Crippen molar-refractivity contribution >= 4 is 51.7 Å². The maximum absolute atomic E-state index is 13.5. The Bertz CT molecular complexity index is 1380. The van der Waals surface area contributed by atoms with E-state index in [-0.39, 0.29) is 23.8 Å². The highest BCUT2D eigenvalue weighted by atomic mass is 32.2. The normalized spacial score (nSPS) is 18.3. The predicted octanol–water partition coefficient (Wildman–Crippen LogP) is 3.38. The van der Waals surface area contributed by atoms with E-state index in [2.05, 4.69) is 16.7 Å². The molecule has 4 heterocycles. The van der Waals surface area contributed by atoms with E-state index in [9.17, 15) is 14.0 Å². The topological polar surface area (TPSA) is 61.2 Å². The number of pyridine rings is 1. The van der Waals surface area contributed by atoms with Gasteiger partial charge in [-0.25, -0.2) is 9.37 Å². The molecule has 0 unspecified atom stereocenters. The number of piperazine rings is 1. The summed E-state index contributed by atoms with van der Waals surface area (Å²) in [5.74, 6) is -0.0278. The minimum atomic E-state index is -0.337. The minimum absolute atomic E-state index is 0.229. The molecule has 0 radical (unpaired) electrons. The second kappa shape index (κ2) is 9.88. The maximum atomic E-state index is 13.5. The van der Waals surface area contributed by atoms with Crippen LogP contribution in [0, 0.1) is 5.82 Å². The van der Waals surface area contributed by atoms with Gasteiger partial charge in [-0.1, -0.05) is 49.1 Å². The first-order valence-corrected chi connectivity index (χ1v) is 12.7. The molecule has 2 aliphatic rings. The Labute approximate surface area is 211 Å². The fourth-order valence-corrected chi connectivity index (χ4v) is 5.51. The summed E-state index contributed by atoms with van der Waals surface area (Å²) < 4.78 is 15.2. The van der Waals surface area contributed by atoms with Crippen LogP contribution in [0.2, 0.25) is 0 Å². The van der Waals surface area contributed by atoms with Crippen molar-refractivity contribution in [3.8, 4) is 0 Å². The van der Waals surface area contributed by atoms with Crippen LogP contribution in [0.4, 0.5) is 10.2 Å². The summed E-state index contributed by atoms with van der Waals surface area (Å²) in [5.41, 5.74) is 1.48. The Hall–Kier alpha value is -3.08. The van der Waals surface area contributed by atoms with Gasteiger partial charge in [-0.2, -0.15) is 0 Å². The van der Waals surface area contributed by atoms with Crippen LogP contribution in [0.5, 0.6) is 0 Å². The molecule has 2 saturated heterocycles. The van der Waals surface area contributed by atoms with Crippen molar-refractivity contribution in [2.24, 2.45) is 0 Å². The molecule has 2 aliphatic heterocycles. The summed E-state index contributed by atoms with van der Waals surface area (Å²) in [6, 6.07) is 11.4. The summed E-state index contributed by atoms with van der Waals surface area (Å²) in [4.78, 5) is 37.9. The van der Waals surface area contributed by atoms with Gasteiger partial charge in [0.25, 0.3) is 11.5 Å². The zero-order valence-corrected chi connectivity index (χ0v) is 20.8. The lowest BCUT2D eigenvalue weighted by atomic mass is 10.2. The van der Waals surface area contributed by atoms with Crippen LogP contribution < -0.4 is 10.5 Å². The van der Waals surface area contributed by atoms with Gasteiger partial charge in [-0.15, -0.1) is 0 Å². The molecule has 10 heteroatoms. The van der Waals surface area contributed by atoms with Gasteiger partial charge in [0.05, 0.1) is 17.0 Å². The molecule has 0 atom stereocenters. The standard InChI is InChI=1S/C25H24FN5O2S2/c1-2-28-11-13-29(14-12-28)22-19(23(32)30-10-4-3-5-21(30)27-22)15-20-24(33)31(25(34)35-20)16-17-6-8-18(26)9-7-17/h3-10,15H,2,11-14,16H2,1H3/b20-15+. The summed E-state index contributed by atoms with van der Waals surface area (Å²) in [6.45, 7) is 6.60. The number of fused-ring (bicyclic) bond motifs is 1. The molecule has 1 aromatic carbocycles. The number of rotatable bonds is 5. The number of likely N-dealkylation sites (N-methyl/N-ethyl adjacent to an activating group) is 1. The third kappa shape index (κ3) is 4.73. The molecule has 5 rings (SSSR count). The van der Waals surface area contributed by atoms with E-state index < -0.39 is 0 Å². The molecule has 180 valence electrons. The Morgan fingerprint density at radius 1 is 1.09 bits per heavy atom. The van der Waals surface area contributed by atoms with Crippen molar-refractivity contribution in [3.05, 3.63) is 80.9 Å². The summed E-state index contributed by atoms with van der Waals surface area (Å²) in [6.07, 6.45) is 3.31. The van der Waals surface area contributed by atoms with E-state index in [0.717, 1.165) is 50.0 Å². The first-order chi connectivity index (χ1) is 16.9. The molecule has 0 aliphatic carbocycles. The zero-order valence-electron chi connectivity index (χ0n) is 19.2. The predicted molar refractivity (Wildman–Crippen MR) is 141 cm³/mol. The summed E-state index contributed by atoms with van der Waals surface area (Å²) in [7, 11) is 0. The van der Waals surface area contributed by atoms with E-state index in [1.807, 2.05) is 6.07 Å². The smallest absolute Gasteiger partial charge is 0.267 e. The average Bonchev–Trinajstić information content (AvgIpc) is 3.14. The Balaban J connectivity index is 1.52. The van der Waals surface area contributed by atoms with Gasteiger partial charge in [-0.05, 0) is 42.4 Å². The first-order valence-electron chi connectivity index (χ1n) is 11.4. The highest BCUT2D eigenvalue weighted by molar-refractivity contribution is 8.26. The number of halogens is 1. The van der Waals surface area contributed by atoms with Crippen molar-refractivity contribution in [1.29, 1.82) is 0 Å². The number of thiocarbonyl (C=S) groups is 1. The van der Waals surface area contributed by atoms with Gasteiger partial charge >= 0.3 is 0 Å². The first kappa shape index (κ1) is 23.7. The largest absolute Gasteiger partial charge is 0.353 e. The van der Waals surface area contributed by atoms with Crippen LogP contribution in [0.1, 0.15) is 18.1 Å².